The zero-order chi connectivity index (χ0) is 23.4. The number of nitrogens with one attached hydrogen (secondary N) is 1. The van der Waals surface area contributed by atoms with Crippen LogP contribution in [0.4, 0.5) is 5.69 Å². The van der Waals surface area contributed by atoms with Crippen LogP contribution in [0.3, 0.4) is 0 Å². The molecule has 0 unspecified atom stereocenters. The fourth-order valence-electron chi connectivity index (χ4n) is 3.32. The summed E-state index contributed by atoms with van der Waals surface area (Å²) in [5.74, 6) is -0.0784. The second kappa shape index (κ2) is 10.1. The van der Waals surface area contributed by atoms with Crippen molar-refractivity contribution in [3.05, 3.63) is 87.9 Å². The highest BCUT2D eigenvalue weighted by Crippen LogP contribution is 2.37. The van der Waals surface area contributed by atoms with Gasteiger partial charge in [-0.3, -0.25) is 15.0 Å². The smallest absolute Gasteiger partial charge is 0.282 e. The van der Waals surface area contributed by atoms with Crippen molar-refractivity contribution < 1.29 is 19.4 Å². The summed E-state index contributed by atoms with van der Waals surface area (Å²) in [5, 5.41) is 11.9. The van der Waals surface area contributed by atoms with Gasteiger partial charge >= 0.3 is 0 Å². The number of halogens is 1. The number of carbonyl (C=O) groups is 2. The maximum atomic E-state index is 12.9. The highest BCUT2D eigenvalue weighted by Gasteiger charge is 2.34. The Labute approximate surface area is 204 Å². The van der Waals surface area contributed by atoms with E-state index in [9.17, 15) is 14.7 Å². The van der Waals surface area contributed by atoms with Gasteiger partial charge in [-0.05, 0) is 67.1 Å². The molecule has 0 aliphatic carbocycles. The monoisotopic (exact) mass is 524 g/mol. The molecular formula is C25H21BrN2O4S. The summed E-state index contributed by atoms with van der Waals surface area (Å²) in [7, 11) is 0. The summed E-state index contributed by atoms with van der Waals surface area (Å²) in [6.45, 7) is 2.20. The van der Waals surface area contributed by atoms with Gasteiger partial charge in [0.25, 0.3) is 11.8 Å². The van der Waals surface area contributed by atoms with E-state index in [0.717, 1.165) is 9.37 Å². The summed E-state index contributed by atoms with van der Waals surface area (Å²) in [6.07, 6.45) is 1.52. The molecule has 0 spiro atoms. The Bertz CT molecular complexity index is 1210. The number of nitrogens with zero attached hydrogens (tertiary/aromatic N) is 1. The highest BCUT2D eigenvalue weighted by molar-refractivity contribution is 9.10. The van der Waals surface area contributed by atoms with Crippen molar-refractivity contribution in [2.45, 2.75) is 17.6 Å². The average Bonchev–Trinajstić information content (AvgIpc) is 3.10. The number of thioether (sulfide) groups is 1. The second-order valence-corrected chi connectivity index (χ2v) is 9.14. The molecule has 3 aromatic rings. The third-order valence-electron chi connectivity index (χ3n) is 4.90. The van der Waals surface area contributed by atoms with E-state index in [1.807, 2.05) is 37.3 Å². The molecule has 2 N–H and O–H groups in total. The van der Waals surface area contributed by atoms with E-state index in [1.54, 1.807) is 48.2 Å². The molecule has 1 aliphatic rings. The Morgan fingerprint density at radius 3 is 2.52 bits per heavy atom. The van der Waals surface area contributed by atoms with E-state index >= 15 is 0 Å². The Morgan fingerprint density at radius 2 is 1.82 bits per heavy atom. The molecule has 1 saturated heterocycles. The molecule has 0 atom stereocenters. The number of hydrogen-bond acceptors (Lipinski definition) is 5. The molecule has 0 radical (unpaired) electrons. The van der Waals surface area contributed by atoms with Crippen molar-refractivity contribution in [3.8, 4) is 11.5 Å². The van der Waals surface area contributed by atoms with E-state index < -0.39 is 11.8 Å². The fourth-order valence-corrected chi connectivity index (χ4v) is 4.46. The quantitative estimate of drug-likeness (QED) is 0.249. The number of hydrogen-bond donors (Lipinski definition) is 2. The number of para-hydroxylation sites is 1. The van der Waals surface area contributed by atoms with Gasteiger partial charge in [-0.2, -0.15) is 0 Å². The molecule has 1 heterocycles. The van der Waals surface area contributed by atoms with E-state index in [0.29, 0.717) is 34.9 Å². The van der Waals surface area contributed by atoms with Gasteiger partial charge in [-0.25, -0.2) is 5.01 Å². The molecule has 1 aliphatic heterocycles. The summed E-state index contributed by atoms with van der Waals surface area (Å²) in [5.41, 5.74) is 4.42. The van der Waals surface area contributed by atoms with Gasteiger partial charge in [-0.15, -0.1) is 11.8 Å². The third kappa shape index (κ3) is 5.23. The van der Waals surface area contributed by atoms with Crippen molar-refractivity contribution in [1.82, 2.24) is 5.43 Å². The first-order chi connectivity index (χ1) is 16.0. The summed E-state index contributed by atoms with van der Waals surface area (Å²) in [4.78, 5) is 26.5. The van der Waals surface area contributed by atoms with Gasteiger partial charge in [0.05, 0.1) is 12.3 Å². The maximum absolute atomic E-state index is 12.9. The van der Waals surface area contributed by atoms with Gasteiger partial charge in [0, 0.05) is 20.7 Å². The van der Waals surface area contributed by atoms with Crippen molar-refractivity contribution >= 4 is 51.3 Å². The van der Waals surface area contributed by atoms with Crippen molar-refractivity contribution in [2.24, 2.45) is 0 Å². The lowest BCUT2D eigenvalue weighted by atomic mass is 10.1. The molecule has 0 aromatic heterocycles. The average molecular weight is 525 g/mol. The fraction of sp³-hybridized carbons (Fsp3) is 0.120. The van der Waals surface area contributed by atoms with E-state index in [4.69, 9.17) is 4.74 Å². The van der Waals surface area contributed by atoms with Crippen LogP contribution in [0.2, 0.25) is 0 Å². The van der Waals surface area contributed by atoms with Crippen LogP contribution in [0.15, 0.2) is 81.7 Å². The van der Waals surface area contributed by atoms with E-state index in [-0.39, 0.29) is 11.3 Å². The molecule has 168 valence electrons. The van der Waals surface area contributed by atoms with Crippen molar-refractivity contribution in [1.29, 1.82) is 0 Å². The normalized spacial score (nSPS) is 14.6. The molecule has 3 aromatic carbocycles. The molecule has 6 nitrogen and oxygen atoms in total. The summed E-state index contributed by atoms with van der Waals surface area (Å²) < 4.78 is 6.60. The van der Waals surface area contributed by atoms with Gasteiger partial charge < -0.3 is 9.84 Å². The van der Waals surface area contributed by atoms with Crippen LogP contribution in [-0.2, 0) is 15.3 Å². The van der Waals surface area contributed by atoms with Crippen LogP contribution in [-0.4, -0.2) is 23.5 Å². The Kier molecular flexibility index (Phi) is 7.05. The Hall–Kier alpha value is -3.23. The zero-order valence-electron chi connectivity index (χ0n) is 17.7. The second-order valence-electron chi connectivity index (χ2n) is 7.18. The molecule has 1 fully saturated rings. The lowest BCUT2D eigenvalue weighted by Gasteiger charge is -2.14. The number of rotatable bonds is 7. The number of phenols is 1. The number of aromatic hydroxyl groups is 1. The number of amides is 2. The highest BCUT2D eigenvalue weighted by atomic mass is 79.9. The summed E-state index contributed by atoms with van der Waals surface area (Å²) in [6, 6.07) is 20.2. The number of phenolic OH excluding ortho intramolecular Hbond substituents is 1. The number of ether oxygens (including phenoxy) is 1. The van der Waals surface area contributed by atoms with Crippen LogP contribution in [0, 0.1) is 0 Å². The Morgan fingerprint density at radius 1 is 1.09 bits per heavy atom. The molecule has 0 saturated carbocycles. The summed E-state index contributed by atoms with van der Waals surface area (Å²) >= 11 is 4.99. The molecule has 33 heavy (non-hydrogen) atoms. The molecule has 8 heteroatoms. The minimum atomic E-state index is -0.485. The van der Waals surface area contributed by atoms with E-state index in [1.165, 1.54) is 11.1 Å². The van der Waals surface area contributed by atoms with Gasteiger partial charge in [0.15, 0.2) is 11.5 Å². The first-order valence-electron chi connectivity index (χ1n) is 10.3. The van der Waals surface area contributed by atoms with Gasteiger partial charge in [0.2, 0.25) is 0 Å². The topological polar surface area (TPSA) is 78.9 Å². The maximum Gasteiger partial charge on any atom is 0.282 e. The van der Waals surface area contributed by atoms with E-state index in [2.05, 4.69) is 21.4 Å². The lowest BCUT2D eigenvalue weighted by Crippen LogP contribution is -2.35. The number of carbonyl (C=O) groups excluding carboxylic acids is 2. The van der Waals surface area contributed by atoms with Crippen LogP contribution in [0.5, 0.6) is 11.5 Å². The third-order valence-corrected chi connectivity index (χ3v) is 6.49. The number of anilines is 1. The zero-order valence-corrected chi connectivity index (χ0v) is 20.2. The number of hydrazine groups is 1. The first-order valence-corrected chi connectivity index (χ1v) is 12.0. The van der Waals surface area contributed by atoms with Gasteiger partial charge in [-0.1, -0.05) is 34.1 Å². The van der Waals surface area contributed by atoms with Crippen molar-refractivity contribution in [3.63, 3.8) is 0 Å². The minimum Gasteiger partial charge on any atom is -0.504 e. The lowest BCUT2D eigenvalue weighted by molar-refractivity contribution is -0.117. The minimum absolute atomic E-state index is 0.0125. The standard InChI is InChI=1S/C25H21BrN2O4S/c1-2-32-22-14-16(12-17(23(22)29)15-33-20-10-8-18(26)9-11-20)13-21-24(30)27-28(25(21)31)19-6-4-3-5-7-19/h3-14,29H,2,15H2,1H3,(H,27,30)/b21-13+. The molecule has 2 amide bonds. The predicted molar refractivity (Wildman–Crippen MR) is 133 cm³/mol. The molecule has 0 bridgehead atoms. The van der Waals surface area contributed by atoms with Gasteiger partial charge in [0.1, 0.15) is 5.57 Å². The molecule has 4 rings (SSSR count). The molecular weight excluding hydrogens is 504 g/mol. The largest absolute Gasteiger partial charge is 0.504 e. The van der Waals surface area contributed by atoms with Crippen LogP contribution < -0.4 is 15.2 Å². The first kappa shape index (κ1) is 22.9. The number of benzene rings is 3. The van der Waals surface area contributed by atoms with Crippen molar-refractivity contribution in [2.75, 3.05) is 11.6 Å². The van der Waals surface area contributed by atoms with Crippen LogP contribution in [0.25, 0.3) is 6.08 Å². The van der Waals surface area contributed by atoms with Crippen LogP contribution >= 0.6 is 27.7 Å². The predicted octanol–water partition coefficient (Wildman–Crippen LogP) is 5.31. The Balaban J connectivity index is 1.64. The SMILES string of the molecule is CCOc1cc(/C=C2\C(=O)NN(c3ccccc3)C2=O)cc(CSc2ccc(Br)cc2)c1O. The van der Waals surface area contributed by atoms with Crippen LogP contribution in [0.1, 0.15) is 18.1 Å².